The summed E-state index contributed by atoms with van der Waals surface area (Å²) in [6, 6.07) is 0. The molecule has 0 unspecified atom stereocenters. The molecule has 0 fully saturated rings. The normalized spacial score (nSPS) is 5.25. The van der Waals surface area contributed by atoms with E-state index in [4.69, 9.17) is 0 Å². The van der Waals surface area contributed by atoms with Crippen molar-refractivity contribution < 1.29 is 0 Å². The van der Waals surface area contributed by atoms with Crippen LogP contribution in [-0.4, -0.2) is 0 Å². The van der Waals surface area contributed by atoms with Crippen molar-refractivity contribution in [3.63, 3.8) is 0 Å². The van der Waals surface area contributed by atoms with Gasteiger partial charge in [0.2, 0.25) is 0 Å². The van der Waals surface area contributed by atoms with Crippen molar-refractivity contribution in [3.05, 3.63) is 0 Å². The van der Waals surface area contributed by atoms with E-state index in [-0.39, 0.29) is 6.15 Å². The number of hydrogen-bond acceptors (Lipinski definition) is 2. The zero-order valence-corrected chi connectivity index (χ0v) is 4.62. The van der Waals surface area contributed by atoms with E-state index in [1.807, 2.05) is 0 Å². The summed E-state index contributed by atoms with van der Waals surface area (Å²) in [5.41, 5.74) is 0. The van der Waals surface area contributed by atoms with Crippen LogP contribution in [0, 0.1) is 0 Å². The Balaban J connectivity index is 0. The molecule has 1 nitrogen and oxygen atoms in total. The summed E-state index contributed by atoms with van der Waals surface area (Å²) in [7, 11) is 0. The summed E-state index contributed by atoms with van der Waals surface area (Å²) >= 11 is 7.81. The fourth-order valence-corrected chi connectivity index (χ4v) is 0. The summed E-state index contributed by atoms with van der Waals surface area (Å²) in [6.45, 7) is 0.694. The highest BCUT2D eigenvalue weighted by molar-refractivity contribution is 8.49. The molecular formula is H4NPS2. The van der Waals surface area contributed by atoms with E-state index in [1.54, 1.807) is 0 Å². The predicted molar refractivity (Wildman–Crippen MR) is 28.3 cm³/mol. The molecule has 0 aliphatic rings. The van der Waals surface area contributed by atoms with Crippen molar-refractivity contribution in [2.75, 3.05) is 0 Å². The minimum absolute atomic E-state index is 0. The van der Waals surface area contributed by atoms with Crippen LogP contribution < -0.4 is 6.15 Å². The highest BCUT2D eigenvalue weighted by Gasteiger charge is 1.20. The molecule has 0 radical (unpaired) electrons. The van der Waals surface area contributed by atoms with Crippen LogP contribution in [0.1, 0.15) is 0 Å². The van der Waals surface area contributed by atoms with Crippen LogP contribution in [0.25, 0.3) is 0 Å². The molecule has 0 aromatic carbocycles. The Bertz CT molecular complexity index is 13.5. The minimum atomic E-state index is 0. The minimum Gasteiger partial charge on any atom is -0.344 e. The molecule has 0 bridgehead atoms. The van der Waals surface area contributed by atoms with Gasteiger partial charge in [-0.15, -0.1) is 12.2 Å². The van der Waals surface area contributed by atoms with E-state index in [1.165, 1.54) is 0 Å². The molecule has 4 heavy (non-hydrogen) atoms. The topological polar surface area (TPSA) is 35.0 Å². The lowest BCUT2D eigenvalue weighted by atomic mass is 14.0. The first-order valence-electron chi connectivity index (χ1n) is 0.383. The third kappa shape index (κ3) is 13.8. The average molecular weight is 113 g/mol. The lowest BCUT2D eigenvalue weighted by Gasteiger charge is -1.25. The standard InChI is InChI=1S/H3N.HPS2/c;2-1-3/h1H3;(H,2,3). The fourth-order valence-electron chi connectivity index (χ4n) is 0. The summed E-state index contributed by atoms with van der Waals surface area (Å²) in [5.74, 6) is 0. The summed E-state index contributed by atoms with van der Waals surface area (Å²) < 4.78 is 0. The van der Waals surface area contributed by atoms with E-state index in [9.17, 15) is 0 Å². The zero-order valence-electron chi connectivity index (χ0n) is 2.01. The third-order valence-electron chi connectivity index (χ3n) is 0. The molecular weight excluding hydrogens is 109 g/mol. The number of rotatable bonds is 0. The smallest absolute Gasteiger partial charge is 0.0397 e. The van der Waals surface area contributed by atoms with Gasteiger partial charge in [0.1, 0.15) is 0 Å². The van der Waals surface area contributed by atoms with Gasteiger partial charge < -0.3 is 6.15 Å². The molecule has 0 aromatic rings. The van der Waals surface area contributed by atoms with E-state index in [0.29, 0.717) is 6.56 Å². The first-order chi connectivity index (χ1) is 1.41. The fraction of sp³-hybridized carbons (Fsp3) is 0. The van der Waals surface area contributed by atoms with Crippen molar-refractivity contribution in [2.45, 2.75) is 0 Å². The van der Waals surface area contributed by atoms with Gasteiger partial charge in [-0.3, -0.25) is 0 Å². The predicted octanol–water partition coefficient (Wildman–Crippen LogP) is 1.40. The van der Waals surface area contributed by atoms with Crippen molar-refractivity contribution in [2.24, 2.45) is 0 Å². The van der Waals surface area contributed by atoms with E-state index in [2.05, 4.69) is 24.1 Å². The first kappa shape index (κ1) is 8.85. The maximum Gasteiger partial charge on any atom is 0.0397 e. The lowest BCUT2D eigenvalue weighted by Crippen LogP contribution is -0.661. The van der Waals surface area contributed by atoms with Crippen LogP contribution in [0.4, 0.5) is 0 Å². The molecule has 0 aliphatic heterocycles. The van der Waals surface area contributed by atoms with Crippen LogP contribution in [-0.2, 0) is 11.8 Å². The Morgan fingerprint density at radius 1 is 1.75 bits per heavy atom. The van der Waals surface area contributed by atoms with Crippen LogP contribution in [0.15, 0.2) is 0 Å². The second kappa shape index (κ2) is 9.16. The SMILES string of the molecule is N.S=PS. The molecule has 26 valence electrons. The van der Waals surface area contributed by atoms with Gasteiger partial charge in [-0.1, -0.05) is 0 Å². The van der Waals surface area contributed by atoms with Gasteiger partial charge in [0, 0.05) is 6.56 Å². The van der Waals surface area contributed by atoms with Gasteiger partial charge in [0.05, 0.1) is 0 Å². The Morgan fingerprint density at radius 2 is 1.75 bits per heavy atom. The largest absolute Gasteiger partial charge is 0.344 e. The van der Waals surface area contributed by atoms with Gasteiger partial charge in [0.25, 0.3) is 0 Å². The summed E-state index contributed by atoms with van der Waals surface area (Å²) in [4.78, 5) is 0. The molecule has 0 saturated heterocycles. The Labute approximate surface area is 37.4 Å². The molecule has 0 spiro atoms. The van der Waals surface area contributed by atoms with Gasteiger partial charge in [-0.25, -0.2) is 0 Å². The Hall–Kier alpha value is 0.830. The van der Waals surface area contributed by atoms with E-state index in [0.717, 1.165) is 0 Å². The van der Waals surface area contributed by atoms with Crippen LogP contribution >= 0.6 is 18.8 Å². The van der Waals surface area contributed by atoms with Crippen LogP contribution in [0.2, 0.25) is 0 Å². The number of thiol groups is 1. The van der Waals surface area contributed by atoms with Crippen LogP contribution in [0.5, 0.6) is 0 Å². The van der Waals surface area contributed by atoms with E-state index < -0.39 is 0 Å². The van der Waals surface area contributed by atoms with Crippen molar-refractivity contribution in [1.82, 2.24) is 6.15 Å². The zero-order chi connectivity index (χ0) is 2.71. The highest BCUT2D eigenvalue weighted by atomic mass is 32.9. The maximum atomic E-state index is 4.23. The molecule has 0 amide bonds. The molecule has 0 saturated carbocycles. The van der Waals surface area contributed by atoms with Crippen molar-refractivity contribution >= 4 is 30.6 Å². The molecule has 0 aromatic heterocycles. The maximum absolute atomic E-state index is 4.23. The molecule has 0 aliphatic carbocycles. The van der Waals surface area contributed by atoms with Gasteiger partial charge in [-0.05, 0) is 11.8 Å². The van der Waals surface area contributed by atoms with Crippen LogP contribution in [0.3, 0.4) is 0 Å². The summed E-state index contributed by atoms with van der Waals surface area (Å²) in [6.07, 6.45) is 0. The number of hydrogen-bond donors (Lipinski definition) is 2. The Kier molecular flexibility index (Phi) is 20.3. The summed E-state index contributed by atoms with van der Waals surface area (Å²) in [5, 5.41) is 0. The molecule has 0 heterocycles. The van der Waals surface area contributed by atoms with Crippen molar-refractivity contribution in [1.29, 1.82) is 0 Å². The second-order valence-electron chi connectivity index (χ2n) is 0.0816. The average Bonchev–Trinajstić information content (AvgIpc) is 0.918. The first-order valence-corrected chi connectivity index (χ1v) is 3.44. The molecule has 0 atom stereocenters. The highest BCUT2D eigenvalue weighted by Crippen LogP contribution is 1.91. The van der Waals surface area contributed by atoms with Gasteiger partial charge in [0.15, 0.2) is 0 Å². The van der Waals surface area contributed by atoms with Gasteiger partial charge >= 0.3 is 0 Å². The van der Waals surface area contributed by atoms with E-state index >= 15 is 0 Å². The molecule has 4 heteroatoms. The van der Waals surface area contributed by atoms with Crippen molar-refractivity contribution in [3.8, 4) is 0 Å². The lowest BCUT2D eigenvalue weighted by molar-refractivity contribution is 2.13. The Morgan fingerprint density at radius 3 is 1.75 bits per heavy atom. The molecule has 0 rings (SSSR count). The quantitative estimate of drug-likeness (QED) is 0.368. The monoisotopic (exact) mass is 113 g/mol. The second-order valence-corrected chi connectivity index (χ2v) is 2.20. The third-order valence-corrected chi connectivity index (χ3v) is 0. The molecule has 3 N–H and O–H groups in total. The van der Waals surface area contributed by atoms with Gasteiger partial charge in [-0.2, -0.15) is 0 Å².